The molecule has 2 atom stereocenters. The Bertz CT molecular complexity index is 672. The number of carbonyl (C=O) groups is 1. The Morgan fingerprint density at radius 1 is 1.30 bits per heavy atom. The number of nitrogens with two attached hydrogens (primary N) is 1. The summed E-state index contributed by atoms with van der Waals surface area (Å²) in [7, 11) is 1.84. The minimum Gasteiger partial charge on any atom is -0.345 e. The summed E-state index contributed by atoms with van der Waals surface area (Å²) < 4.78 is 1.78. The molecular formula is C17H21Cl2N3O. The van der Waals surface area contributed by atoms with Crippen LogP contribution in [0.2, 0.25) is 5.02 Å². The highest BCUT2D eigenvalue weighted by Crippen LogP contribution is 2.33. The van der Waals surface area contributed by atoms with Gasteiger partial charge in [0, 0.05) is 32.3 Å². The second-order valence-electron chi connectivity index (χ2n) is 5.88. The highest BCUT2D eigenvalue weighted by atomic mass is 35.5. The molecule has 2 N–H and O–H groups in total. The van der Waals surface area contributed by atoms with Crippen LogP contribution in [0.5, 0.6) is 0 Å². The molecule has 3 rings (SSSR count). The Hall–Kier alpha value is -1.49. The lowest BCUT2D eigenvalue weighted by atomic mass is 9.89. The van der Waals surface area contributed by atoms with E-state index in [1.807, 2.05) is 30.1 Å². The summed E-state index contributed by atoms with van der Waals surface area (Å²) in [6.45, 7) is 1.97. The van der Waals surface area contributed by atoms with E-state index in [4.69, 9.17) is 17.3 Å². The predicted octanol–water partition coefficient (Wildman–Crippen LogP) is 2.91. The molecule has 0 unspecified atom stereocenters. The number of likely N-dealkylation sites (tertiary alicyclic amines) is 1. The highest BCUT2D eigenvalue weighted by Gasteiger charge is 2.36. The summed E-state index contributed by atoms with van der Waals surface area (Å²) in [5.41, 5.74) is 7.80. The second kappa shape index (κ2) is 7.39. The van der Waals surface area contributed by atoms with Gasteiger partial charge in [-0.2, -0.15) is 0 Å². The number of benzene rings is 1. The van der Waals surface area contributed by atoms with Crippen LogP contribution in [0.4, 0.5) is 0 Å². The van der Waals surface area contributed by atoms with Gasteiger partial charge in [0.1, 0.15) is 5.69 Å². The summed E-state index contributed by atoms with van der Waals surface area (Å²) in [6, 6.07) is 12.0. The van der Waals surface area contributed by atoms with Crippen LogP contribution in [-0.2, 0) is 7.05 Å². The fraction of sp³-hybridized carbons (Fsp3) is 0.353. The van der Waals surface area contributed by atoms with Crippen molar-refractivity contribution in [2.24, 2.45) is 18.7 Å². The molecule has 1 fully saturated rings. The summed E-state index contributed by atoms with van der Waals surface area (Å²) in [5.74, 6) is 0.610. The molecule has 0 spiro atoms. The molecule has 0 saturated carbocycles. The van der Waals surface area contributed by atoms with Crippen molar-refractivity contribution in [2.75, 3.05) is 19.6 Å². The highest BCUT2D eigenvalue weighted by molar-refractivity contribution is 6.31. The van der Waals surface area contributed by atoms with E-state index < -0.39 is 0 Å². The van der Waals surface area contributed by atoms with Crippen LogP contribution in [-0.4, -0.2) is 35.0 Å². The SMILES string of the molecule is Cl.Cn1cc(Cl)cc1C(=O)N1C[C@@H](CN)[C@H](c2ccccc2)C1. The van der Waals surface area contributed by atoms with E-state index in [1.165, 1.54) is 5.56 Å². The molecular weight excluding hydrogens is 333 g/mol. The van der Waals surface area contributed by atoms with E-state index >= 15 is 0 Å². The molecule has 1 amide bonds. The summed E-state index contributed by atoms with van der Waals surface area (Å²) in [4.78, 5) is 14.6. The summed E-state index contributed by atoms with van der Waals surface area (Å²) in [5, 5.41) is 0.583. The van der Waals surface area contributed by atoms with E-state index in [9.17, 15) is 4.79 Å². The van der Waals surface area contributed by atoms with Crippen LogP contribution in [0, 0.1) is 5.92 Å². The number of rotatable bonds is 3. The molecule has 1 aromatic heterocycles. The van der Waals surface area contributed by atoms with Crippen molar-refractivity contribution < 1.29 is 4.79 Å². The van der Waals surface area contributed by atoms with Gasteiger partial charge in [-0.05, 0) is 24.1 Å². The van der Waals surface area contributed by atoms with Crippen molar-refractivity contribution in [1.29, 1.82) is 0 Å². The van der Waals surface area contributed by atoms with Crippen molar-refractivity contribution in [3.8, 4) is 0 Å². The zero-order valence-electron chi connectivity index (χ0n) is 13.0. The predicted molar refractivity (Wildman–Crippen MR) is 95.3 cm³/mol. The van der Waals surface area contributed by atoms with Crippen LogP contribution in [0.25, 0.3) is 0 Å². The Kier molecular flexibility index (Phi) is 5.74. The normalized spacial score (nSPS) is 20.4. The number of halogens is 2. The largest absolute Gasteiger partial charge is 0.345 e. The quantitative estimate of drug-likeness (QED) is 0.922. The lowest BCUT2D eigenvalue weighted by molar-refractivity contribution is 0.0777. The first-order valence-electron chi connectivity index (χ1n) is 7.46. The summed E-state index contributed by atoms with van der Waals surface area (Å²) in [6.07, 6.45) is 1.75. The Morgan fingerprint density at radius 2 is 2.00 bits per heavy atom. The average Bonchev–Trinajstić information content (AvgIpc) is 3.10. The Balaban J connectivity index is 0.00000192. The molecule has 0 radical (unpaired) electrons. The van der Waals surface area contributed by atoms with E-state index in [2.05, 4.69) is 12.1 Å². The van der Waals surface area contributed by atoms with Gasteiger partial charge in [0.25, 0.3) is 5.91 Å². The number of aromatic nitrogens is 1. The van der Waals surface area contributed by atoms with E-state index in [0.717, 1.165) is 0 Å². The molecule has 1 saturated heterocycles. The lowest BCUT2D eigenvalue weighted by Crippen LogP contribution is -2.31. The molecule has 1 aliphatic rings. The van der Waals surface area contributed by atoms with Gasteiger partial charge in [-0.15, -0.1) is 12.4 Å². The Labute approximate surface area is 147 Å². The number of carbonyl (C=O) groups excluding carboxylic acids is 1. The van der Waals surface area contributed by atoms with Crippen molar-refractivity contribution in [1.82, 2.24) is 9.47 Å². The van der Waals surface area contributed by atoms with Crippen LogP contribution < -0.4 is 5.73 Å². The molecule has 4 nitrogen and oxygen atoms in total. The van der Waals surface area contributed by atoms with Gasteiger partial charge < -0.3 is 15.2 Å². The zero-order chi connectivity index (χ0) is 15.7. The number of amides is 1. The van der Waals surface area contributed by atoms with Crippen molar-refractivity contribution >= 4 is 29.9 Å². The smallest absolute Gasteiger partial charge is 0.270 e. The maximum absolute atomic E-state index is 12.7. The van der Waals surface area contributed by atoms with Crippen molar-refractivity contribution in [3.05, 3.63) is 58.9 Å². The van der Waals surface area contributed by atoms with Crippen LogP contribution in [0.1, 0.15) is 22.0 Å². The minimum absolute atomic E-state index is 0. The van der Waals surface area contributed by atoms with Gasteiger partial charge in [-0.25, -0.2) is 0 Å². The molecule has 1 aromatic carbocycles. The van der Waals surface area contributed by atoms with Gasteiger partial charge in [0.15, 0.2) is 0 Å². The first kappa shape index (κ1) is 17.9. The fourth-order valence-corrected chi connectivity index (χ4v) is 3.50. The molecule has 2 heterocycles. The molecule has 124 valence electrons. The third-order valence-corrected chi connectivity index (χ3v) is 4.66. The average molecular weight is 354 g/mol. The van der Waals surface area contributed by atoms with Crippen molar-refractivity contribution in [3.63, 3.8) is 0 Å². The van der Waals surface area contributed by atoms with Crippen molar-refractivity contribution in [2.45, 2.75) is 5.92 Å². The lowest BCUT2D eigenvalue weighted by Gasteiger charge is -2.17. The van der Waals surface area contributed by atoms with Crippen LogP contribution >= 0.6 is 24.0 Å². The van der Waals surface area contributed by atoms with E-state index in [-0.39, 0.29) is 18.3 Å². The van der Waals surface area contributed by atoms with Gasteiger partial charge in [-0.3, -0.25) is 4.79 Å². The molecule has 1 aliphatic heterocycles. The number of nitrogens with zero attached hydrogens (tertiary/aromatic N) is 2. The first-order valence-corrected chi connectivity index (χ1v) is 7.84. The number of hydrogen-bond acceptors (Lipinski definition) is 2. The maximum atomic E-state index is 12.7. The minimum atomic E-state index is 0. The summed E-state index contributed by atoms with van der Waals surface area (Å²) >= 11 is 5.99. The van der Waals surface area contributed by atoms with Gasteiger partial charge in [0.2, 0.25) is 0 Å². The van der Waals surface area contributed by atoms with Gasteiger partial charge in [0.05, 0.1) is 5.02 Å². The first-order chi connectivity index (χ1) is 10.6. The molecule has 23 heavy (non-hydrogen) atoms. The Morgan fingerprint density at radius 3 is 2.57 bits per heavy atom. The molecule has 6 heteroatoms. The third kappa shape index (κ3) is 3.55. The van der Waals surface area contributed by atoms with E-state index in [0.29, 0.717) is 42.2 Å². The van der Waals surface area contributed by atoms with Gasteiger partial charge >= 0.3 is 0 Å². The van der Waals surface area contributed by atoms with Crippen LogP contribution in [0.15, 0.2) is 42.6 Å². The van der Waals surface area contributed by atoms with Crippen LogP contribution in [0.3, 0.4) is 0 Å². The zero-order valence-corrected chi connectivity index (χ0v) is 14.6. The third-order valence-electron chi connectivity index (χ3n) is 4.45. The molecule has 0 aliphatic carbocycles. The fourth-order valence-electron chi connectivity index (χ4n) is 3.25. The number of hydrogen-bond donors (Lipinski definition) is 1. The number of aryl methyl sites for hydroxylation is 1. The molecule has 0 bridgehead atoms. The topological polar surface area (TPSA) is 51.3 Å². The molecule has 2 aromatic rings. The second-order valence-corrected chi connectivity index (χ2v) is 6.31. The monoisotopic (exact) mass is 353 g/mol. The van der Waals surface area contributed by atoms with E-state index in [1.54, 1.807) is 16.8 Å². The maximum Gasteiger partial charge on any atom is 0.270 e. The van der Waals surface area contributed by atoms with Gasteiger partial charge in [-0.1, -0.05) is 41.9 Å². The standard InChI is InChI=1S/C17H20ClN3O.ClH/c1-20-10-14(18)7-16(20)17(22)21-9-13(8-19)15(11-21)12-5-3-2-4-6-12;/h2-7,10,13,15H,8-9,11,19H2,1H3;1H/t13-,15+;/m1./s1.